The summed E-state index contributed by atoms with van der Waals surface area (Å²) in [6.45, 7) is 8.44. The summed E-state index contributed by atoms with van der Waals surface area (Å²) in [6, 6.07) is 9.97. The van der Waals surface area contributed by atoms with Gasteiger partial charge in [-0.3, -0.25) is 9.79 Å². The van der Waals surface area contributed by atoms with Crippen molar-refractivity contribution in [3.05, 3.63) is 35.9 Å². The fourth-order valence-corrected chi connectivity index (χ4v) is 3.37. The third kappa shape index (κ3) is 9.74. The summed E-state index contributed by atoms with van der Waals surface area (Å²) in [5.41, 5.74) is 1.11. The molecule has 3 N–H and O–H groups in total. The molecule has 156 valence electrons. The molecule has 1 fully saturated rings. The third-order valence-corrected chi connectivity index (χ3v) is 4.92. The van der Waals surface area contributed by atoms with E-state index in [4.69, 9.17) is 0 Å². The van der Waals surface area contributed by atoms with E-state index in [1.54, 1.807) is 0 Å². The van der Waals surface area contributed by atoms with E-state index in [1.165, 1.54) is 38.8 Å². The van der Waals surface area contributed by atoms with E-state index in [2.05, 4.69) is 32.8 Å². The van der Waals surface area contributed by atoms with Crippen LogP contribution in [0.5, 0.6) is 0 Å². The molecule has 0 radical (unpaired) electrons. The van der Waals surface area contributed by atoms with Crippen LogP contribution in [0.2, 0.25) is 0 Å². The monoisotopic (exact) mass is 387 g/mol. The second-order valence-corrected chi connectivity index (χ2v) is 7.31. The fraction of sp³-hybridized carbons (Fsp3) is 0.636. The number of aliphatic imine (C=N–C) groups is 1. The Labute approximate surface area is 170 Å². The minimum Gasteiger partial charge on any atom is -0.357 e. The van der Waals surface area contributed by atoms with Gasteiger partial charge in [0.2, 0.25) is 5.91 Å². The second-order valence-electron chi connectivity index (χ2n) is 7.31. The van der Waals surface area contributed by atoms with Gasteiger partial charge in [0.15, 0.2) is 5.96 Å². The summed E-state index contributed by atoms with van der Waals surface area (Å²) in [7, 11) is 0. The van der Waals surface area contributed by atoms with E-state index in [-0.39, 0.29) is 5.91 Å². The topological polar surface area (TPSA) is 68.8 Å². The average Bonchev–Trinajstić information content (AvgIpc) is 2.99. The molecule has 1 saturated heterocycles. The van der Waals surface area contributed by atoms with Crippen LogP contribution < -0.4 is 16.0 Å². The molecule has 1 aliphatic rings. The lowest BCUT2D eigenvalue weighted by Crippen LogP contribution is -2.39. The molecule has 0 atom stereocenters. The van der Waals surface area contributed by atoms with Crippen molar-refractivity contribution in [1.29, 1.82) is 0 Å². The highest BCUT2D eigenvalue weighted by molar-refractivity contribution is 5.81. The van der Waals surface area contributed by atoms with Gasteiger partial charge >= 0.3 is 0 Å². The molecule has 1 aliphatic heterocycles. The first-order valence-corrected chi connectivity index (χ1v) is 10.8. The number of hydrogen-bond acceptors (Lipinski definition) is 3. The molecule has 0 saturated carbocycles. The van der Waals surface area contributed by atoms with Crippen LogP contribution in [0.3, 0.4) is 0 Å². The number of hydrogen-bond donors (Lipinski definition) is 3. The van der Waals surface area contributed by atoms with Crippen molar-refractivity contribution in [2.24, 2.45) is 4.99 Å². The number of benzene rings is 1. The summed E-state index contributed by atoms with van der Waals surface area (Å²) in [5.74, 6) is 0.850. The molecular formula is C22H37N5O. The largest absolute Gasteiger partial charge is 0.357 e. The number of likely N-dealkylation sites (tertiary alicyclic amines) is 1. The Kier molecular flexibility index (Phi) is 11.1. The maximum absolute atomic E-state index is 12.0. The maximum atomic E-state index is 12.0. The zero-order valence-corrected chi connectivity index (χ0v) is 17.4. The Balaban J connectivity index is 1.61. The van der Waals surface area contributed by atoms with Gasteiger partial charge in [0.05, 0.1) is 0 Å². The SMILES string of the molecule is CCNC(=NCCCN1CCCCCC1)NCCC(=O)NCc1ccccc1. The first kappa shape index (κ1) is 22.2. The van der Waals surface area contributed by atoms with E-state index < -0.39 is 0 Å². The molecule has 28 heavy (non-hydrogen) atoms. The third-order valence-electron chi connectivity index (χ3n) is 4.92. The van der Waals surface area contributed by atoms with Gasteiger partial charge in [-0.2, -0.15) is 0 Å². The molecule has 6 nitrogen and oxygen atoms in total. The van der Waals surface area contributed by atoms with Crippen LogP contribution in [0.25, 0.3) is 0 Å². The number of carbonyl (C=O) groups excluding carboxylic acids is 1. The summed E-state index contributed by atoms with van der Waals surface area (Å²) in [4.78, 5) is 19.2. The summed E-state index contributed by atoms with van der Waals surface area (Å²) in [6.07, 6.45) is 6.93. The van der Waals surface area contributed by atoms with Gasteiger partial charge in [0.1, 0.15) is 0 Å². The van der Waals surface area contributed by atoms with Gasteiger partial charge in [-0.05, 0) is 51.4 Å². The van der Waals surface area contributed by atoms with Crippen molar-refractivity contribution in [3.8, 4) is 0 Å². The number of carbonyl (C=O) groups is 1. The van der Waals surface area contributed by atoms with Gasteiger partial charge < -0.3 is 20.9 Å². The van der Waals surface area contributed by atoms with Crippen LogP contribution in [-0.4, -0.2) is 56.0 Å². The Morgan fingerprint density at radius 3 is 2.50 bits per heavy atom. The van der Waals surface area contributed by atoms with Crippen LogP contribution in [0.15, 0.2) is 35.3 Å². The molecule has 0 bridgehead atoms. The van der Waals surface area contributed by atoms with Gasteiger partial charge in [0.25, 0.3) is 0 Å². The van der Waals surface area contributed by atoms with Crippen LogP contribution in [0.1, 0.15) is 51.0 Å². The smallest absolute Gasteiger partial charge is 0.222 e. The number of nitrogens with zero attached hydrogens (tertiary/aromatic N) is 2. The summed E-state index contributed by atoms with van der Waals surface area (Å²) >= 11 is 0. The normalized spacial score (nSPS) is 15.7. The highest BCUT2D eigenvalue weighted by Crippen LogP contribution is 2.09. The standard InChI is InChI=1S/C22H37N5O/c1-2-23-22(24-14-10-18-27-16-8-3-4-9-17-27)25-15-13-21(28)26-19-20-11-6-5-7-12-20/h5-7,11-12H,2-4,8-10,13-19H2,1H3,(H,26,28)(H2,23,24,25). The van der Waals surface area contributed by atoms with Gasteiger partial charge in [-0.1, -0.05) is 43.2 Å². The second kappa shape index (κ2) is 14.0. The lowest BCUT2D eigenvalue weighted by molar-refractivity contribution is -0.121. The van der Waals surface area contributed by atoms with Crippen molar-refractivity contribution in [2.75, 3.05) is 39.3 Å². The lowest BCUT2D eigenvalue weighted by atomic mass is 10.2. The van der Waals surface area contributed by atoms with Crippen LogP contribution >= 0.6 is 0 Å². The number of rotatable bonds is 10. The first-order valence-electron chi connectivity index (χ1n) is 10.8. The fourth-order valence-electron chi connectivity index (χ4n) is 3.37. The van der Waals surface area contributed by atoms with Crippen molar-refractivity contribution in [1.82, 2.24) is 20.9 Å². The molecule has 0 aliphatic carbocycles. The van der Waals surface area contributed by atoms with Crippen molar-refractivity contribution in [3.63, 3.8) is 0 Å². The molecule has 6 heteroatoms. The van der Waals surface area contributed by atoms with Gasteiger partial charge in [-0.15, -0.1) is 0 Å². The Bertz CT molecular complexity index is 568. The predicted molar refractivity (Wildman–Crippen MR) is 116 cm³/mol. The van der Waals surface area contributed by atoms with Crippen molar-refractivity contribution >= 4 is 11.9 Å². The molecule has 2 rings (SSSR count). The summed E-state index contributed by atoms with van der Waals surface area (Å²) in [5, 5.41) is 9.47. The van der Waals surface area contributed by atoms with Crippen molar-refractivity contribution < 1.29 is 4.79 Å². The summed E-state index contributed by atoms with van der Waals surface area (Å²) < 4.78 is 0. The average molecular weight is 388 g/mol. The van der Waals surface area contributed by atoms with E-state index in [9.17, 15) is 4.79 Å². The number of guanidine groups is 1. The molecule has 0 aromatic heterocycles. The van der Waals surface area contributed by atoms with E-state index in [1.807, 2.05) is 30.3 Å². The minimum atomic E-state index is 0.0494. The lowest BCUT2D eigenvalue weighted by Gasteiger charge is -2.19. The highest BCUT2D eigenvalue weighted by atomic mass is 16.1. The maximum Gasteiger partial charge on any atom is 0.222 e. The molecular weight excluding hydrogens is 350 g/mol. The molecule has 0 spiro atoms. The zero-order chi connectivity index (χ0) is 19.9. The number of nitrogens with one attached hydrogen (secondary N) is 3. The van der Waals surface area contributed by atoms with Crippen LogP contribution in [0.4, 0.5) is 0 Å². The zero-order valence-electron chi connectivity index (χ0n) is 17.4. The van der Waals surface area contributed by atoms with E-state index in [0.29, 0.717) is 19.5 Å². The Morgan fingerprint density at radius 1 is 1.04 bits per heavy atom. The molecule has 1 aromatic carbocycles. The van der Waals surface area contributed by atoms with Crippen molar-refractivity contribution in [2.45, 2.75) is 52.0 Å². The molecule has 0 unspecified atom stereocenters. The first-order chi connectivity index (χ1) is 13.8. The van der Waals surface area contributed by atoms with Crippen LogP contribution in [0, 0.1) is 0 Å². The quantitative estimate of drug-likeness (QED) is 0.328. The van der Waals surface area contributed by atoms with Gasteiger partial charge in [-0.25, -0.2) is 0 Å². The predicted octanol–water partition coefficient (Wildman–Crippen LogP) is 2.51. The Morgan fingerprint density at radius 2 is 1.79 bits per heavy atom. The van der Waals surface area contributed by atoms with E-state index in [0.717, 1.165) is 37.6 Å². The minimum absolute atomic E-state index is 0.0494. The highest BCUT2D eigenvalue weighted by Gasteiger charge is 2.08. The molecule has 1 amide bonds. The van der Waals surface area contributed by atoms with E-state index >= 15 is 0 Å². The molecule has 1 aromatic rings. The van der Waals surface area contributed by atoms with Gasteiger partial charge in [0, 0.05) is 32.6 Å². The molecule has 1 heterocycles. The van der Waals surface area contributed by atoms with Crippen LogP contribution in [-0.2, 0) is 11.3 Å². The number of amides is 1. The Hall–Kier alpha value is -2.08.